The number of halogens is 3. The van der Waals surface area contributed by atoms with Crippen molar-refractivity contribution in [3.05, 3.63) is 63.1 Å². The van der Waals surface area contributed by atoms with Crippen molar-refractivity contribution in [2.24, 2.45) is 0 Å². The van der Waals surface area contributed by atoms with Crippen LogP contribution < -0.4 is 9.62 Å². The molecule has 1 fully saturated rings. The van der Waals surface area contributed by atoms with E-state index in [1.807, 2.05) is 6.92 Å². The van der Waals surface area contributed by atoms with Gasteiger partial charge in [-0.25, -0.2) is 8.42 Å². The van der Waals surface area contributed by atoms with E-state index in [-0.39, 0.29) is 43.8 Å². The summed E-state index contributed by atoms with van der Waals surface area (Å²) in [7, 11) is -3.60. The summed E-state index contributed by atoms with van der Waals surface area (Å²) < 4.78 is 26.2. The second kappa shape index (κ2) is 13.9. The minimum atomic E-state index is -3.60. The number of benzene rings is 2. The maximum absolute atomic E-state index is 13.6. The summed E-state index contributed by atoms with van der Waals surface area (Å²) in [5.41, 5.74) is 1.18. The van der Waals surface area contributed by atoms with Gasteiger partial charge in [-0.3, -0.25) is 13.9 Å². The Bertz CT molecular complexity index is 1240. The summed E-state index contributed by atoms with van der Waals surface area (Å²) in [6.07, 6.45) is 5.91. The van der Waals surface area contributed by atoms with Crippen molar-refractivity contribution in [1.29, 1.82) is 0 Å². The van der Waals surface area contributed by atoms with E-state index >= 15 is 0 Å². The first-order valence-electron chi connectivity index (χ1n) is 12.8. The van der Waals surface area contributed by atoms with Gasteiger partial charge in [0.25, 0.3) is 0 Å². The van der Waals surface area contributed by atoms with Crippen LogP contribution in [-0.4, -0.2) is 50.0 Å². The summed E-state index contributed by atoms with van der Waals surface area (Å²) in [4.78, 5) is 28.4. The van der Waals surface area contributed by atoms with Crippen molar-refractivity contribution < 1.29 is 18.0 Å². The van der Waals surface area contributed by atoms with Gasteiger partial charge in [-0.1, -0.05) is 66.7 Å². The number of rotatable bonds is 12. The van der Waals surface area contributed by atoms with Gasteiger partial charge in [0.1, 0.15) is 6.04 Å². The molecule has 2 amide bonds. The van der Waals surface area contributed by atoms with E-state index in [2.05, 4.69) is 5.32 Å². The fourth-order valence-corrected chi connectivity index (χ4v) is 6.22. The monoisotopic (exact) mass is 601 g/mol. The van der Waals surface area contributed by atoms with Crippen LogP contribution in [0, 0.1) is 0 Å². The van der Waals surface area contributed by atoms with E-state index in [0.29, 0.717) is 27.2 Å². The predicted molar refractivity (Wildman–Crippen MR) is 154 cm³/mol. The Morgan fingerprint density at radius 2 is 1.76 bits per heavy atom. The van der Waals surface area contributed by atoms with Crippen LogP contribution >= 0.6 is 34.8 Å². The third kappa shape index (κ3) is 8.50. The first-order valence-corrected chi connectivity index (χ1v) is 15.7. The minimum absolute atomic E-state index is 0.0567. The lowest BCUT2D eigenvalue weighted by atomic mass is 10.1. The van der Waals surface area contributed by atoms with Crippen LogP contribution in [0.2, 0.25) is 15.1 Å². The van der Waals surface area contributed by atoms with Crippen molar-refractivity contribution >= 4 is 62.3 Å². The van der Waals surface area contributed by atoms with Gasteiger partial charge in [0.05, 0.1) is 22.0 Å². The normalized spacial score (nSPS) is 14.8. The second-order valence-corrected chi connectivity index (χ2v) is 12.8. The zero-order chi connectivity index (χ0) is 27.9. The zero-order valence-corrected chi connectivity index (χ0v) is 24.7. The Morgan fingerprint density at radius 3 is 2.37 bits per heavy atom. The van der Waals surface area contributed by atoms with Gasteiger partial charge in [-0.05, 0) is 61.6 Å². The Morgan fingerprint density at radius 1 is 1.05 bits per heavy atom. The van der Waals surface area contributed by atoms with E-state index < -0.39 is 16.1 Å². The highest BCUT2D eigenvalue weighted by Crippen LogP contribution is 2.26. The molecule has 0 bridgehead atoms. The van der Waals surface area contributed by atoms with Gasteiger partial charge < -0.3 is 10.2 Å². The van der Waals surface area contributed by atoms with Crippen molar-refractivity contribution in [3.8, 4) is 0 Å². The van der Waals surface area contributed by atoms with Crippen LogP contribution in [-0.2, 0) is 26.2 Å². The molecule has 0 unspecified atom stereocenters. The molecule has 3 rings (SSSR count). The van der Waals surface area contributed by atoms with Crippen LogP contribution in [0.3, 0.4) is 0 Å². The number of hydrogen-bond acceptors (Lipinski definition) is 4. The van der Waals surface area contributed by atoms with Gasteiger partial charge in [-0.15, -0.1) is 0 Å². The Kier molecular flexibility index (Phi) is 11.2. The van der Waals surface area contributed by atoms with Crippen LogP contribution in [0.25, 0.3) is 0 Å². The average Bonchev–Trinajstić information content (AvgIpc) is 3.36. The highest BCUT2D eigenvalue weighted by atomic mass is 35.5. The number of amides is 2. The largest absolute Gasteiger partial charge is 0.352 e. The van der Waals surface area contributed by atoms with Gasteiger partial charge in [-0.2, -0.15) is 0 Å². The quantitative estimate of drug-likeness (QED) is 0.320. The average molecular weight is 603 g/mol. The number of hydrogen-bond donors (Lipinski definition) is 1. The number of carbonyl (C=O) groups excluding carboxylic acids is 2. The SMILES string of the molecule is CC[C@@H](C(=O)NC1CCCC1)N(Cc1ccc(Cl)c(Cl)c1)C(=O)CCCN(c1cccc(Cl)c1)S(C)(=O)=O. The van der Waals surface area contributed by atoms with Crippen LogP contribution in [0.15, 0.2) is 42.5 Å². The predicted octanol–water partition coefficient (Wildman–Crippen LogP) is 6.06. The number of anilines is 1. The Hall–Kier alpha value is -2.00. The molecule has 7 nitrogen and oxygen atoms in total. The molecule has 1 saturated carbocycles. The van der Waals surface area contributed by atoms with E-state index in [9.17, 15) is 18.0 Å². The molecule has 0 aromatic heterocycles. The maximum atomic E-state index is 13.6. The van der Waals surface area contributed by atoms with Crippen LogP contribution in [0.4, 0.5) is 5.69 Å². The Balaban J connectivity index is 1.78. The van der Waals surface area contributed by atoms with Crippen molar-refractivity contribution in [3.63, 3.8) is 0 Å². The molecular weight excluding hydrogens is 569 g/mol. The molecule has 1 atom stereocenters. The molecule has 0 heterocycles. The lowest BCUT2D eigenvalue weighted by Crippen LogP contribution is -2.51. The molecular formula is C27H34Cl3N3O4S. The summed E-state index contributed by atoms with van der Waals surface area (Å²) in [5, 5.41) is 4.30. The van der Waals surface area contributed by atoms with Crippen molar-refractivity contribution in [1.82, 2.24) is 10.2 Å². The first kappa shape index (κ1) is 30.5. The van der Waals surface area contributed by atoms with Gasteiger partial charge in [0.15, 0.2) is 0 Å². The molecule has 208 valence electrons. The summed E-state index contributed by atoms with van der Waals surface area (Å²) >= 11 is 18.3. The van der Waals surface area contributed by atoms with Gasteiger partial charge in [0.2, 0.25) is 21.8 Å². The smallest absolute Gasteiger partial charge is 0.243 e. The molecule has 0 radical (unpaired) electrons. The highest BCUT2D eigenvalue weighted by Gasteiger charge is 2.31. The highest BCUT2D eigenvalue weighted by molar-refractivity contribution is 7.92. The molecule has 0 aliphatic heterocycles. The van der Waals surface area contributed by atoms with Gasteiger partial charge >= 0.3 is 0 Å². The molecule has 2 aromatic rings. The molecule has 38 heavy (non-hydrogen) atoms. The number of nitrogens with one attached hydrogen (secondary N) is 1. The van der Waals surface area contributed by atoms with Crippen LogP contribution in [0.5, 0.6) is 0 Å². The van der Waals surface area contributed by atoms with Crippen molar-refractivity contribution in [2.45, 2.75) is 70.5 Å². The van der Waals surface area contributed by atoms with E-state index in [4.69, 9.17) is 34.8 Å². The van der Waals surface area contributed by atoms with E-state index in [0.717, 1.165) is 37.5 Å². The lowest BCUT2D eigenvalue weighted by molar-refractivity contribution is -0.141. The fourth-order valence-electron chi connectivity index (χ4n) is 4.76. The second-order valence-electron chi connectivity index (χ2n) is 9.60. The molecule has 1 N–H and O–H groups in total. The first-order chi connectivity index (χ1) is 18.0. The van der Waals surface area contributed by atoms with E-state index in [1.54, 1.807) is 47.4 Å². The summed E-state index contributed by atoms with van der Waals surface area (Å²) in [6.45, 7) is 2.14. The number of nitrogens with zero attached hydrogens (tertiary/aromatic N) is 2. The summed E-state index contributed by atoms with van der Waals surface area (Å²) in [6, 6.07) is 11.2. The standard InChI is InChI=1S/C27H34Cl3N3O4S/c1-3-25(27(35)31-21-9-4-5-10-21)32(18-19-13-14-23(29)24(30)16-19)26(34)12-7-15-33(38(2,36)37)22-11-6-8-20(28)17-22/h6,8,11,13-14,16-17,21,25H,3-5,7,9-10,12,15,18H2,1-2H3,(H,31,35)/t25-/m0/s1. The molecule has 0 spiro atoms. The topological polar surface area (TPSA) is 86.8 Å². The minimum Gasteiger partial charge on any atom is -0.352 e. The fraction of sp³-hybridized carbons (Fsp3) is 0.481. The Labute approximate surface area is 240 Å². The van der Waals surface area contributed by atoms with E-state index in [1.165, 1.54) is 4.31 Å². The van der Waals surface area contributed by atoms with Gasteiger partial charge in [0, 0.05) is 30.6 Å². The molecule has 1 aliphatic rings. The lowest BCUT2D eigenvalue weighted by Gasteiger charge is -2.32. The molecule has 1 aliphatic carbocycles. The van der Waals surface area contributed by atoms with Crippen LogP contribution in [0.1, 0.15) is 57.4 Å². The third-order valence-electron chi connectivity index (χ3n) is 6.67. The molecule has 11 heteroatoms. The zero-order valence-electron chi connectivity index (χ0n) is 21.6. The maximum Gasteiger partial charge on any atom is 0.243 e. The number of carbonyl (C=O) groups is 2. The summed E-state index contributed by atoms with van der Waals surface area (Å²) in [5.74, 6) is -0.423. The van der Waals surface area contributed by atoms with Crippen molar-refractivity contribution in [2.75, 3.05) is 17.1 Å². The molecule has 2 aromatic carbocycles. The molecule has 0 saturated heterocycles. The third-order valence-corrected chi connectivity index (χ3v) is 8.84. The number of sulfonamides is 1.